The number of hydrogen-bond donors (Lipinski definition) is 0. The van der Waals surface area contributed by atoms with Crippen molar-refractivity contribution in [2.45, 2.75) is 20.4 Å². The minimum Gasteiger partial charge on any atom is -0.462 e. The molecule has 6 nitrogen and oxygen atoms in total. The minimum absolute atomic E-state index is 0.296. The number of ether oxygens (including phenoxy) is 2. The molecule has 0 bridgehead atoms. The Bertz CT molecular complexity index is 796. The molecule has 0 aliphatic carbocycles. The molecule has 0 aliphatic rings. The van der Waals surface area contributed by atoms with Gasteiger partial charge in [0.15, 0.2) is 0 Å². The van der Waals surface area contributed by atoms with Crippen molar-refractivity contribution in [1.29, 1.82) is 0 Å². The van der Waals surface area contributed by atoms with E-state index < -0.39 is 5.97 Å². The smallest absolute Gasteiger partial charge is 0.340 e. The maximum Gasteiger partial charge on any atom is 0.340 e. The van der Waals surface area contributed by atoms with E-state index in [1.807, 2.05) is 36.7 Å². The number of carbonyl (C=O) groups is 2. The number of fused-ring (bicyclic) bond motifs is 1. The van der Waals surface area contributed by atoms with Gasteiger partial charge in [-0.3, -0.25) is 4.79 Å². The summed E-state index contributed by atoms with van der Waals surface area (Å²) in [5, 5.41) is 0.701. The zero-order valence-electron chi connectivity index (χ0n) is 14.5. The Labute approximate surface area is 149 Å². The fourth-order valence-electron chi connectivity index (χ4n) is 2.64. The van der Waals surface area contributed by atoms with Crippen LogP contribution in [0.25, 0.3) is 10.9 Å². The van der Waals surface area contributed by atoms with Gasteiger partial charge < -0.3 is 18.9 Å². The number of nitrogens with zero attached hydrogens (tertiary/aromatic N) is 2. The maximum absolute atomic E-state index is 12.5. The molecule has 0 saturated heterocycles. The van der Waals surface area contributed by atoms with Crippen molar-refractivity contribution in [3.63, 3.8) is 0 Å². The van der Waals surface area contributed by atoms with Crippen LogP contribution in [-0.2, 0) is 23.1 Å². The molecule has 1 aromatic heterocycles. The third-order valence-corrected chi connectivity index (χ3v) is 4.19. The average molecular weight is 397 g/mol. The fourth-order valence-corrected chi connectivity index (χ4v) is 3.05. The third-order valence-electron chi connectivity index (χ3n) is 3.57. The van der Waals surface area contributed by atoms with Gasteiger partial charge >= 0.3 is 11.9 Å². The molecule has 0 fully saturated rings. The van der Waals surface area contributed by atoms with Gasteiger partial charge in [0.25, 0.3) is 0 Å². The molecule has 0 amide bonds. The lowest BCUT2D eigenvalue weighted by atomic mass is 10.1. The van der Waals surface area contributed by atoms with E-state index in [1.54, 1.807) is 13.0 Å². The summed E-state index contributed by atoms with van der Waals surface area (Å²) in [6.45, 7) is 3.99. The van der Waals surface area contributed by atoms with E-state index in [1.165, 1.54) is 6.92 Å². The van der Waals surface area contributed by atoms with E-state index in [9.17, 15) is 9.59 Å². The van der Waals surface area contributed by atoms with E-state index in [-0.39, 0.29) is 5.97 Å². The molecular weight excluding hydrogens is 376 g/mol. The van der Waals surface area contributed by atoms with Gasteiger partial charge in [-0.15, -0.1) is 0 Å². The number of hydrogen-bond acceptors (Lipinski definition) is 5. The highest BCUT2D eigenvalue weighted by Gasteiger charge is 2.24. The molecule has 24 heavy (non-hydrogen) atoms. The van der Waals surface area contributed by atoms with Gasteiger partial charge in [-0.1, -0.05) is 0 Å². The molecule has 7 heteroatoms. The molecule has 0 N–H and O–H groups in total. The average Bonchev–Trinajstić information content (AvgIpc) is 2.71. The first-order valence-corrected chi connectivity index (χ1v) is 8.36. The fraction of sp³-hybridized carbons (Fsp3) is 0.412. The number of carbonyl (C=O) groups excluding carboxylic acids is 2. The number of benzene rings is 1. The predicted molar refractivity (Wildman–Crippen MR) is 95.3 cm³/mol. The standard InChI is InChI=1S/C17H21BrN2O4/c1-6-23-17(22)16-11-7-15(24-10(2)21)12(18)8-13(11)20(5)14(16)9-19(3)4/h7-8H,6,9H2,1-5H3. The topological polar surface area (TPSA) is 60.8 Å². The van der Waals surface area contributed by atoms with Gasteiger partial charge in [-0.25, -0.2) is 4.79 Å². The van der Waals surface area contributed by atoms with Crippen LogP contribution in [0, 0.1) is 0 Å². The van der Waals surface area contributed by atoms with Crippen LogP contribution < -0.4 is 4.74 Å². The van der Waals surface area contributed by atoms with E-state index >= 15 is 0 Å². The van der Waals surface area contributed by atoms with Crippen LogP contribution in [-0.4, -0.2) is 42.1 Å². The predicted octanol–water partition coefficient (Wildman–Crippen LogP) is 3.10. The first kappa shape index (κ1) is 18.5. The normalized spacial score (nSPS) is 11.1. The lowest BCUT2D eigenvalue weighted by molar-refractivity contribution is -0.131. The Morgan fingerprint density at radius 3 is 2.50 bits per heavy atom. The van der Waals surface area contributed by atoms with Crippen LogP contribution >= 0.6 is 15.9 Å². The van der Waals surface area contributed by atoms with Crippen LogP contribution in [0.15, 0.2) is 16.6 Å². The van der Waals surface area contributed by atoms with Crippen molar-refractivity contribution in [2.75, 3.05) is 20.7 Å². The largest absolute Gasteiger partial charge is 0.462 e. The maximum atomic E-state index is 12.5. The lowest BCUT2D eigenvalue weighted by Gasteiger charge is -2.13. The summed E-state index contributed by atoms with van der Waals surface area (Å²) >= 11 is 3.42. The first-order valence-electron chi connectivity index (χ1n) is 7.57. The van der Waals surface area contributed by atoms with Gasteiger partial charge in [0, 0.05) is 31.6 Å². The van der Waals surface area contributed by atoms with Crippen LogP contribution in [0.4, 0.5) is 0 Å². The summed E-state index contributed by atoms with van der Waals surface area (Å²) in [5.41, 5.74) is 2.21. The number of halogens is 1. The molecule has 0 saturated carbocycles. The van der Waals surface area contributed by atoms with Gasteiger partial charge in [-0.05, 0) is 49.1 Å². The van der Waals surface area contributed by atoms with Crippen LogP contribution in [0.5, 0.6) is 5.75 Å². The van der Waals surface area contributed by atoms with Gasteiger partial charge in [0.05, 0.1) is 22.2 Å². The summed E-state index contributed by atoms with van der Waals surface area (Å²) in [4.78, 5) is 25.8. The summed E-state index contributed by atoms with van der Waals surface area (Å²) in [6.07, 6.45) is 0. The van der Waals surface area contributed by atoms with Crippen molar-refractivity contribution in [3.05, 3.63) is 27.9 Å². The molecule has 2 aromatic rings. The van der Waals surface area contributed by atoms with Crippen molar-refractivity contribution in [2.24, 2.45) is 7.05 Å². The highest BCUT2D eigenvalue weighted by atomic mass is 79.9. The Kier molecular flexibility index (Phi) is 5.66. The van der Waals surface area contributed by atoms with E-state index in [2.05, 4.69) is 15.9 Å². The Morgan fingerprint density at radius 2 is 1.96 bits per heavy atom. The Morgan fingerprint density at radius 1 is 1.29 bits per heavy atom. The number of esters is 2. The molecule has 0 aliphatic heterocycles. The van der Waals surface area contributed by atoms with E-state index in [0.29, 0.717) is 34.3 Å². The molecule has 0 unspecified atom stereocenters. The lowest BCUT2D eigenvalue weighted by Crippen LogP contribution is -2.17. The molecular formula is C17H21BrN2O4. The highest BCUT2D eigenvalue weighted by molar-refractivity contribution is 9.10. The molecule has 0 atom stereocenters. The SMILES string of the molecule is CCOC(=O)c1c(CN(C)C)n(C)c2cc(Br)c(OC(C)=O)cc12. The zero-order chi connectivity index (χ0) is 18.0. The molecule has 0 spiro atoms. The second kappa shape index (κ2) is 7.36. The third kappa shape index (κ3) is 3.62. The second-order valence-corrected chi connectivity index (χ2v) is 6.59. The second-order valence-electron chi connectivity index (χ2n) is 5.73. The summed E-state index contributed by atoms with van der Waals surface area (Å²) in [5.74, 6) is -0.421. The molecule has 1 aromatic carbocycles. The molecule has 2 rings (SSSR count). The minimum atomic E-state index is -0.419. The zero-order valence-corrected chi connectivity index (χ0v) is 16.1. The Hall–Kier alpha value is -1.86. The Balaban J connectivity index is 2.75. The molecule has 130 valence electrons. The van der Waals surface area contributed by atoms with Gasteiger partial charge in [0.1, 0.15) is 5.75 Å². The van der Waals surface area contributed by atoms with Crippen LogP contribution in [0.1, 0.15) is 29.9 Å². The summed E-state index contributed by atoms with van der Waals surface area (Å²) in [7, 11) is 5.78. The highest BCUT2D eigenvalue weighted by Crippen LogP contribution is 2.35. The van der Waals surface area contributed by atoms with Crippen molar-refractivity contribution in [1.82, 2.24) is 9.47 Å². The number of aryl methyl sites for hydroxylation is 1. The van der Waals surface area contributed by atoms with Crippen LogP contribution in [0.3, 0.4) is 0 Å². The molecule has 0 radical (unpaired) electrons. The van der Waals surface area contributed by atoms with Gasteiger partial charge in [-0.2, -0.15) is 0 Å². The quantitative estimate of drug-likeness (QED) is 0.573. The van der Waals surface area contributed by atoms with Crippen molar-refractivity contribution >= 4 is 38.8 Å². The van der Waals surface area contributed by atoms with Crippen molar-refractivity contribution in [3.8, 4) is 5.75 Å². The van der Waals surface area contributed by atoms with E-state index in [0.717, 1.165) is 11.2 Å². The summed E-state index contributed by atoms with van der Waals surface area (Å²) in [6, 6.07) is 3.54. The summed E-state index contributed by atoms with van der Waals surface area (Å²) < 4.78 is 13.1. The van der Waals surface area contributed by atoms with Crippen LogP contribution in [0.2, 0.25) is 0 Å². The van der Waals surface area contributed by atoms with Crippen molar-refractivity contribution < 1.29 is 19.1 Å². The monoisotopic (exact) mass is 396 g/mol. The first-order chi connectivity index (χ1) is 11.3. The molecule has 1 heterocycles. The number of aromatic nitrogens is 1. The van der Waals surface area contributed by atoms with Gasteiger partial charge in [0.2, 0.25) is 0 Å². The van der Waals surface area contributed by atoms with E-state index in [4.69, 9.17) is 9.47 Å². The number of rotatable bonds is 5.